The fourth-order valence-electron chi connectivity index (χ4n) is 2.64. The van der Waals surface area contributed by atoms with E-state index in [1.54, 1.807) is 11.9 Å². The summed E-state index contributed by atoms with van der Waals surface area (Å²) >= 11 is 13.7. The highest BCUT2D eigenvalue weighted by atomic mass is 35.5. The third kappa shape index (κ3) is 3.50. The first kappa shape index (κ1) is 15.5. The summed E-state index contributed by atoms with van der Waals surface area (Å²) in [6.07, 6.45) is 4.84. The Kier molecular flexibility index (Phi) is 5.33. The van der Waals surface area contributed by atoms with Gasteiger partial charge in [0.1, 0.15) is 5.52 Å². The van der Waals surface area contributed by atoms with Gasteiger partial charge in [0.2, 0.25) is 0 Å². The maximum absolute atomic E-state index is 6.24. The lowest BCUT2D eigenvalue weighted by molar-refractivity contribution is 0.396. The molecule has 3 rings (SSSR count). The molecule has 1 aromatic heterocycles. The first-order valence-corrected chi connectivity index (χ1v) is 9.12. The van der Waals surface area contributed by atoms with Crippen molar-refractivity contribution >= 4 is 46.2 Å². The van der Waals surface area contributed by atoms with Crippen LogP contribution in [0.15, 0.2) is 23.4 Å². The van der Waals surface area contributed by atoms with E-state index >= 15 is 0 Å². The summed E-state index contributed by atoms with van der Waals surface area (Å²) in [7, 11) is 0. The number of nitrogens with zero attached hydrogens (tertiary/aromatic N) is 3. The SMILES string of the molecule is ClCCCCCCN1CCn2c(nc3c(Cl)cccc32)S1. The molecule has 0 unspecified atom stereocenters. The second kappa shape index (κ2) is 7.23. The van der Waals surface area contributed by atoms with E-state index in [-0.39, 0.29) is 0 Å². The minimum absolute atomic E-state index is 0.739. The van der Waals surface area contributed by atoms with E-state index in [0.717, 1.165) is 53.1 Å². The number of alkyl halides is 1. The molecule has 1 aliphatic heterocycles. The lowest BCUT2D eigenvalue weighted by Gasteiger charge is -2.26. The molecule has 0 atom stereocenters. The zero-order valence-corrected chi connectivity index (χ0v) is 14.2. The zero-order valence-electron chi connectivity index (χ0n) is 11.9. The number of unbranched alkanes of at least 4 members (excludes halogenated alkanes) is 3. The number of para-hydroxylation sites is 1. The van der Waals surface area contributed by atoms with Gasteiger partial charge < -0.3 is 4.57 Å². The van der Waals surface area contributed by atoms with Gasteiger partial charge in [0, 0.05) is 25.5 Å². The van der Waals surface area contributed by atoms with Crippen molar-refractivity contribution in [2.24, 2.45) is 0 Å². The van der Waals surface area contributed by atoms with E-state index in [1.807, 2.05) is 12.1 Å². The lowest BCUT2D eigenvalue weighted by atomic mass is 10.2. The second-order valence-corrected chi connectivity index (χ2v) is 7.13. The van der Waals surface area contributed by atoms with Crippen LogP contribution in [0.1, 0.15) is 25.7 Å². The van der Waals surface area contributed by atoms with Crippen LogP contribution in [0.5, 0.6) is 0 Å². The Balaban J connectivity index is 1.63. The molecule has 0 saturated heterocycles. The topological polar surface area (TPSA) is 21.1 Å². The molecular weight excluding hydrogens is 325 g/mol. The van der Waals surface area contributed by atoms with Crippen LogP contribution in [0.4, 0.5) is 0 Å². The number of hydrogen-bond acceptors (Lipinski definition) is 3. The van der Waals surface area contributed by atoms with Crippen molar-refractivity contribution in [2.75, 3.05) is 19.0 Å². The van der Waals surface area contributed by atoms with Gasteiger partial charge in [-0.3, -0.25) is 0 Å². The highest BCUT2D eigenvalue weighted by molar-refractivity contribution is 7.96. The highest BCUT2D eigenvalue weighted by Gasteiger charge is 2.21. The van der Waals surface area contributed by atoms with E-state index in [0.29, 0.717) is 0 Å². The molecule has 2 aromatic rings. The van der Waals surface area contributed by atoms with E-state index in [2.05, 4.69) is 14.9 Å². The van der Waals surface area contributed by atoms with Crippen molar-refractivity contribution in [1.82, 2.24) is 13.9 Å². The molecule has 0 aliphatic carbocycles. The van der Waals surface area contributed by atoms with Crippen LogP contribution in [0.3, 0.4) is 0 Å². The molecule has 0 amide bonds. The summed E-state index contributed by atoms with van der Waals surface area (Å²) in [6.45, 7) is 3.16. The minimum Gasteiger partial charge on any atom is -0.317 e. The van der Waals surface area contributed by atoms with Crippen molar-refractivity contribution in [3.63, 3.8) is 0 Å². The molecule has 0 fully saturated rings. The predicted molar refractivity (Wildman–Crippen MR) is 91.4 cm³/mol. The van der Waals surface area contributed by atoms with Crippen LogP contribution in [-0.4, -0.2) is 32.8 Å². The maximum atomic E-state index is 6.24. The molecule has 3 nitrogen and oxygen atoms in total. The van der Waals surface area contributed by atoms with Gasteiger partial charge in [0.15, 0.2) is 5.16 Å². The van der Waals surface area contributed by atoms with Gasteiger partial charge >= 0.3 is 0 Å². The van der Waals surface area contributed by atoms with Crippen LogP contribution in [0.2, 0.25) is 5.02 Å². The number of benzene rings is 1. The van der Waals surface area contributed by atoms with Gasteiger partial charge in [-0.05, 0) is 36.9 Å². The molecule has 1 aromatic carbocycles. The Morgan fingerprint density at radius 2 is 2.00 bits per heavy atom. The Morgan fingerprint density at radius 1 is 1.14 bits per heavy atom. The average molecular weight is 344 g/mol. The summed E-state index contributed by atoms with van der Waals surface area (Å²) < 4.78 is 4.69. The van der Waals surface area contributed by atoms with Crippen molar-refractivity contribution in [1.29, 1.82) is 0 Å². The summed E-state index contributed by atoms with van der Waals surface area (Å²) in [6, 6.07) is 6.00. The Hall–Kier alpha value is -0.420. The number of aromatic nitrogens is 2. The van der Waals surface area contributed by atoms with E-state index in [1.165, 1.54) is 19.3 Å². The molecule has 0 N–H and O–H groups in total. The van der Waals surface area contributed by atoms with Crippen LogP contribution >= 0.6 is 35.1 Å². The third-order valence-electron chi connectivity index (χ3n) is 3.77. The number of hydrogen-bond donors (Lipinski definition) is 0. The first-order valence-electron chi connectivity index (χ1n) is 7.43. The molecule has 0 saturated carbocycles. The van der Waals surface area contributed by atoms with E-state index in [4.69, 9.17) is 28.2 Å². The zero-order chi connectivity index (χ0) is 14.7. The molecule has 1 aliphatic rings. The van der Waals surface area contributed by atoms with Crippen molar-refractivity contribution in [3.05, 3.63) is 23.2 Å². The Bertz CT molecular complexity index is 614. The van der Waals surface area contributed by atoms with Crippen LogP contribution in [0, 0.1) is 0 Å². The van der Waals surface area contributed by atoms with Gasteiger partial charge in [0.05, 0.1) is 10.5 Å². The molecule has 114 valence electrons. The van der Waals surface area contributed by atoms with E-state index in [9.17, 15) is 0 Å². The van der Waals surface area contributed by atoms with Crippen LogP contribution < -0.4 is 0 Å². The van der Waals surface area contributed by atoms with Crippen molar-refractivity contribution < 1.29 is 0 Å². The van der Waals surface area contributed by atoms with Crippen molar-refractivity contribution in [2.45, 2.75) is 37.4 Å². The molecular formula is C15H19Cl2N3S. The Labute approximate surface area is 139 Å². The van der Waals surface area contributed by atoms with Gasteiger partial charge in [-0.1, -0.05) is 30.5 Å². The van der Waals surface area contributed by atoms with Crippen LogP contribution in [-0.2, 0) is 6.54 Å². The quantitative estimate of drug-likeness (QED) is 0.426. The molecule has 0 spiro atoms. The monoisotopic (exact) mass is 343 g/mol. The predicted octanol–water partition coefficient (Wildman–Crippen LogP) is 4.81. The largest absolute Gasteiger partial charge is 0.317 e. The molecule has 6 heteroatoms. The first-order chi connectivity index (χ1) is 10.3. The van der Waals surface area contributed by atoms with Gasteiger partial charge in [0.25, 0.3) is 0 Å². The Morgan fingerprint density at radius 3 is 2.86 bits per heavy atom. The second-order valence-electron chi connectivity index (χ2n) is 5.28. The minimum atomic E-state index is 0.739. The molecule has 21 heavy (non-hydrogen) atoms. The molecule has 0 radical (unpaired) electrons. The van der Waals surface area contributed by atoms with Crippen LogP contribution in [0.25, 0.3) is 11.0 Å². The smallest absolute Gasteiger partial charge is 0.184 e. The standard InChI is InChI=1S/C15H19Cl2N3S/c16-8-3-1-2-4-9-19-10-11-20-13-7-5-6-12(17)14(13)18-15(20)21-19/h5-7H,1-4,8-11H2. The maximum Gasteiger partial charge on any atom is 0.184 e. The van der Waals surface area contributed by atoms with Gasteiger partial charge in [-0.15, -0.1) is 11.6 Å². The number of halogens is 2. The van der Waals surface area contributed by atoms with Gasteiger partial charge in [-0.2, -0.15) is 0 Å². The van der Waals surface area contributed by atoms with Crippen molar-refractivity contribution in [3.8, 4) is 0 Å². The fourth-order valence-corrected chi connectivity index (χ4v) is 4.09. The summed E-state index contributed by atoms with van der Waals surface area (Å²) in [5.74, 6) is 0.781. The number of fused-ring (bicyclic) bond motifs is 3. The average Bonchev–Trinajstić information content (AvgIpc) is 2.86. The normalized spacial score (nSPS) is 15.5. The molecule has 2 heterocycles. The summed E-state index contributed by atoms with van der Waals surface area (Å²) in [5, 5.41) is 1.80. The fraction of sp³-hybridized carbons (Fsp3) is 0.533. The van der Waals surface area contributed by atoms with Gasteiger partial charge in [-0.25, -0.2) is 9.29 Å². The number of rotatable bonds is 6. The highest BCUT2D eigenvalue weighted by Crippen LogP contribution is 2.33. The van der Waals surface area contributed by atoms with E-state index < -0.39 is 0 Å². The summed E-state index contributed by atoms with van der Waals surface area (Å²) in [5.41, 5.74) is 2.07. The number of imidazole rings is 1. The summed E-state index contributed by atoms with van der Waals surface area (Å²) in [4.78, 5) is 4.70. The third-order valence-corrected chi connectivity index (χ3v) is 5.44. The lowest BCUT2D eigenvalue weighted by Crippen LogP contribution is -2.27. The molecule has 0 bridgehead atoms.